The van der Waals surface area contributed by atoms with E-state index in [1.807, 2.05) is 20.8 Å². The summed E-state index contributed by atoms with van der Waals surface area (Å²) in [5.41, 5.74) is -2.79. The molecule has 4 aromatic carbocycles. The van der Waals surface area contributed by atoms with Gasteiger partial charge in [-0.15, -0.1) is 20.4 Å². The zero-order valence-electron chi connectivity index (χ0n) is 118. The number of hydrogen-bond donors (Lipinski definition) is 16. The third kappa shape index (κ3) is 23.8. The summed E-state index contributed by atoms with van der Waals surface area (Å²) in [5, 5.41) is 168. The molecular weight excluding hydrogens is 1950 g/mol. The SMILES string of the molecule is [2H]C([2H])(CO)O[C@@]1([2H])C([2H])([2H])[C@@]([2H])(n2nnc3c(N[C@]4([2H])C[C@H]4c4ccc(C)c(F)c4)nc(SCCC)nc32)[C@]([2H])(O)[C@]1([2H])O.[2H]C([2H])(O)CO[C@@]1([2H])C([2H])([2H])[C@@]([2H])(n2nnc3c(N[C@]4([2H])C[C@H]4c4ccc(C)c(F)c4)nc(SCCC)nc32)[C@]([2H])(O)[C@]1([2H])O.[2H]C1([2H])[C@@H](Nc2nc(SC([2H])([2H])C([2H])([2H])C)nc3c2nnn3[C@]2([2H])C([2H])([2H])[C@]([2H])(OC([2H])([2H])C([2H])([2H])O)[C@@]([2H])(O)[C@@]2([2H])O)[C@@H]1c1ccc(C)c(F)c1.[2H]C1([2H])[C@]([2H])(OCCO)[C@@]([2H])(O)[C@@]([2H])(O)[C@]1([2H])n1nnc2c(N[C@]3([2H])C[C@H]3c3ccc(C)c(F)c3)nc(SCCC)nc21. The van der Waals surface area contributed by atoms with Crippen molar-refractivity contribution < 1.29 is 154 Å². The molecule has 0 spiro atoms. The van der Waals surface area contributed by atoms with Crippen LogP contribution >= 0.6 is 47.0 Å². The molecule has 12 aromatic rings. The molecule has 16 N–H and O–H groups in total. The van der Waals surface area contributed by atoms with E-state index in [9.17, 15) is 78.8 Å². The van der Waals surface area contributed by atoms with Crippen LogP contribution in [0.15, 0.2) is 93.4 Å². The number of nitrogens with zero attached hydrogens (tertiary/aromatic N) is 20. The van der Waals surface area contributed by atoms with Crippen LogP contribution in [0.2, 0.25) is 0 Å². The number of aromatic nitrogens is 20. The lowest BCUT2D eigenvalue weighted by Gasteiger charge is -2.17. The molecule has 0 radical (unpaired) electrons. The minimum absolute atomic E-state index is 0.0272. The number of aryl methyl sites for hydroxylation is 4. The molecular formula is C96H124F4N24O16S4. The summed E-state index contributed by atoms with van der Waals surface area (Å²) in [6.45, 7) is -6.11. The average molecular weight is 2120 g/mol. The molecule has 0 aliphatic heterocycles. The fraction of sp³-hybridized carbons (Fsp3) is 0.583. The average Bonchev–Trinajstić information content (AvgIpc) is 1.49. The summed E-state index contributed by atoms with van der Waals surface area (Å²) in [7, 11) is 0. The van der Waals surface area contributed by atoms with Crippen molar-refractivity contribution in [1.29, 1.82) is 0 Å². The van der Waals surface area contributed by atoms with Crippen LogP contribution in [0.1, 0.15) is 253 Å². The molecule has 0 saturated heterocycles. The van der Waals surface area contributed by atoms with Crippen molar-refractivity contribution in [1.82, 2.24) is 99.8 Å². The van der Waals surface area contributed by atoms with Gasteiger partial charge >= 0.3 is 0 Å². The summed E-state index contributed by atoms with van der Waals surface area (Å²) >= 11 is 3.49. The number of fused-ring (bicyclic) bond motifs is 4. The molecule has 0 amide bonds. The van der Waals surface area contributed by atoms with Crippen molar-refractivity contribution in [2.75, 3.05) is 96.9 Å². The zero-order chi connectivity index (χ0) is 139. The predicted molar refractivity (Wildman–Crippen MR) is 530 cm³/mol. The molecule has 144 heavy (non-hydrogen) atoms. The quantitative estimate of drug-likeness (QED) is 0.00969. The summed E-state index contributed by atoms with van der Waals surface area (Å²) in [6, 6.07) is -2.12. The van der Waals surface area contributed by atoms with Crippen LogP contribution in [-0.4, -0.2) is 334 Å². The first-order valence-corrected chi connectivity index (χ1v) is 48.0. The van der Waals surface area contributed by atoms with E-state index in [-0.39, 0.29) is 102 Å². The normalized spacial score (nSPS) is 43.8. The maximum atomic E-state index is 14.4. The molecule has 8 fully saturated rings. The van der Waals surface area contributed by atoms with Crippen molar-refractivity contribution in [3.8, 4) is 0 Å². The largest absolute Gasteiger partial charge is 0.394 e. The van der Waals surface area contributed by atoms with Gasteiger partial charge in [-0.3, -0.25) is 0 Å². The maximum Gasteiger partial charge on any atom is 0.191 e. The molecule has 40 nitrogen and oxygen atoms in total. The van der Waals surface area contributed by atoms with Gasteiger partial charge in [-0.25, -0.2) is 76.2 Å². The molecule has 8 heterocycles. The lowest BCUT2D eigenvalue weighted by molar-refractivity contribution is -0.0629. The number of benzene rings is 4. The van der Waals surface area contributed by atoms with Gasteiger partial charge in [0.25, 0.3) is 0 Å². The molecule has 8 saturated carbocycles. The second-order valence-electron chi connectivity index (χ2n) is 32.4. The van der Waals surface area contributed by atoms with Gasteiger partial charge in [0.05, 0.1) is 138 Å². The Morgan fingerprint density at radius 3 is 0.979 bits per heavy atom. The highest BCUT2D eigenvalue weighted by molar-refractivity contribution is 7.99. The number of ether oxygens (including phenoxy) is 4. The number of thioether (sulfide) groups is 4. The van der Waals surface area contributed by atoms with Gasteiger partial charge in [0.2, 0.25) is 0 Å². The highest BCUT2D eigenvalue weighted by atomic mass is 32.2. The van der Waals surface area contributed by atoms with Gasteiger partial charge in [-0.05, 0) is 148 Å². The summed E-state index contributed by atoms with van der Waals surface area (Å²) in [6.07, 6.45) is -64.9. The monoisotopic (exact) mass is 2110 g/mol. The second-order valence-corrected chi connectivity index (χ2v) is 36.3. The van der Waals surface area contributed by atoms with Crippen molar-refractivity contribution in [3.63, 3.8) is 0 Å². The third-order valence-corrected chi connectivity index (χ3v) is 26.1. The standard InChI is InChI=1S/4C24H31FN6O4S/c4*1-3-8-36-24-27-22(26-16-10-14(16)13-5-4-12(2)15(25)9-13)19-23(28-24)31(30-29-19)17-11-18(35-7-6-32)21(34)20(17)33/h4*4-5,9,14,16-18,20-21,32-34H,3,6-8,10-11H2,1-2H3,(H,26,27,28)/t4*14-,16+,17+,18-,20-,21+/m0000/s1/i3D2,6D2,7D2,8D2,10D2,11D2,17D,18D,20D,21D;7D2,11D2,16D,17D,18D,20D,21D;6D2,11D2,16D,17D,18D,20D,21D;11D2,16D,17D,18D,20D,21D. The van der Waals surface area contributed by atoms with E-state index in [1.54, 1.807) is 57.2 Å². The number of halogens is 4. The van der Waals surface area contributed by atoms with Crippen LogP contribution in [-0.2, 0) is 18.9 Å². The Morgan fingerprint density at radius 2 is 0.681 bits per heavy atom. The molecule has 0 unspecified atom stereocenters. The minimum atomic E-state index is -4.41. The van der Waals surface area contributed by atoms with E-state index in [0.29, 0.717) is 83.9 Å². The topological polar surface area (TPSA) is 554 Å². The Balaban J connectivity index is 0.000000162. The number of hydrogen-bond acceptors (Lipinski definition) is 40. The van der Waals surface area contributed by atoms with Crippen LogP contribution in [0, 0.1) is 51.0 Å². The van der Waals surface area contributed by atoms with Crippen LogP contribution in [0.25, 0.3) is 44.7 Å². The lowest BCUT2D eigenvalue weighted by Crippen LogP contribution is -2.33. The van der Waals surface area contributed by atoms with Crippen LogP contribution in [0.3, 0.4) is 0 Å². The van der Waals surface area contributed by atoms with Gasteiger partial charge in [-0.1, -0.05) is 144 Å². The number of aliphatic hydroxyl groups excluding tert-OH is 2. The zero-order valence-corrected chi connectivity index (χ0v) is 80.4. The first-order chi connectivity index (χ1) is 84.3. The summed E-state index contributed by atoms with van der Waals surface area (Å²) in [5.74, 6) is -3.48. The molecule has 8 aliphatic rings. The third-order valence-electron chi connectivity index (χ3n) is 22.3. The molecule has 776 valence electrons. The molecule has 8 aromatic heterocycles. The Labute approximate surface area is 901 Å². The first kappa shape index (κ1) is 65.3. The summed E-state index contributed by atoms with van der Waals surface area (Å²) in [4.78, 5) is 34.3. The first-order valence-electron chi connectivity index (χ1n) is 64.7. The van der Waals surface area contributed by atoms with Gasteiger partial charge in [0.1, 0.15) is 71.9 Å². The molecule has 8 aliphatic carbocycles. The van der Waals surface area contributed by atoms with Crippen molar-refractivity contribution >= 4 is 115 Å². The minimum Gasteiger partial charge on any atom is -0.394 e. The van der Waals surface area contributed by atoms with E-state index in [2.05, 4.69) is 107 Å². The number of aliphatic hydroxyl groups is 12. The van der Waals surface area contributed by atoms with Crippen molar-refractivity contribution in [2.24, 2.45) is 0 Å². The number of anilines is 4. The Morgan fingerprint density at radius 1 is 0.375 bits per heavy atom. The smallest absolute Gasteiger partial charge is 0.191 e. The van der Waals surface area contributed by atoms with Crippen molar-refractivity contribution in [3.05, 3.63) is 141 Å². The van der Waals surface area contributed by atoms with Gasteiger partial charge in [0.15, 0.2) is 88.6 Å². The van der Waals surface area contributed by atoms with E-state index in [1.165, 1.54) is 49.0 Å². The van der Waals surface area contributed by atoms with Crippen LogP contribution in [0.5, 0.6) is 0 Å². The Bertz CT molecular complexity index is 8750. The van der Waals surface area contributed by atoms with Crippen LogP contribution in [0.4, 0.5) is 40.8 Å². The van der Waals surface area contributed by atoms with Gasteiger partial charge in [-0.2, -0.15) is 0 Å². The highest BCUT2D eigenvalue weighted by Gasteiger charge is 2.51. The van der Waals surface area contributed by atoms with Crippen molar-refractivity contribution in [2.45, 2.75) is 298 Å². The molecule has 0 bridgehead atoms. The fourth-order valence-electron chi connectivity index (χ4n) is 14.5. The second kappa shape index (κ2) is 47.3. The molecule has 20 rings (SSSR count). The van der Waals surface area contributed by atoms with Gasteiger partial charge < -0.3 is 101 Å². The highest BCUT2D eigenvalue weighted by Crippen LogP contribution is 2.50. The molecule has 48 heteroatoms. The van der Waals surface area contributed by atoms with E-state index >= 15 is 0 Å². The molecule has 24 atom stereocenters. The lowest BCUT2D eigenvalue weighted by atomic mass is 10.1. The van der Waals surface area contributed by atoms with E-state index < -0.39 is 298 Å². The maximum absolute atomic E-state index is 14.4. The van der Waals surface area contributed by atoms with Gasteiger partial charge in [0, 0.05) is 115 Å². The number of rotatable bonds is 40. The Kier molecular flexibility index (Phi) is 21.5. The number of nitrogens with one attached hydrogen (secondary N) is 4. The van der Waals surface area contributed by atoms with E-state index in [4.69, 9.17) is 70.4 Å². The predicted octanol–water partition coefficient (Wildman–Crippen LogP) is 8.73. The Hall–Kier alpha value is -9.52. The summed E-state index contributed by atoms with van der Waals surface area (Å²) < 4.78 is 421. The van der Waals surface area contributed by atoms with E-state index in [0.717, 1.165) is 36.5 Å². The van der Waals surface area contributed by atoms with Crippen LogP contribution < -0.4 is 21.3 Å². The fourth-order valence-corrected chi connectivity index (χ4v) is 17.1.